The van der Waals surface area contributed by atoms with Gasteiger partial charge in [-0.25, -0.2) is 9.97 Å². The van der Waals surface area contributed by atoms with Crippen LogP contribution >= 0.6 is 22.9 Å². The minimum atomic E-state index is -4.63. The quantitative estimate of drug-likeness (QED) is 0.867. The van der Waals surface area contributed by atoms with E-state index in [-0.39, 0.29) is 16.7 Å². The van der Waals surface area contributed by atoms with Crippen LogP contribution in [0.2, 0.25) is 5.02 Å². The molecule has 2 aromatic heterocycles. The summed E-state index contributed by atoms with van der Waals surface area (Å²) >= 11 is 6.62. The van der Waals surface area contributed by atoms with E-state index >= 15 is 0 Å². The van der Waals surface area contributed by atoms with Crippen molar-refractivity contribution in [2.24, 2.45) is 0 Å². The number of rotatable bonds is 4. The molecule has 0 saturated heterocycles. The zero-order valence-corrected chi connectivity index (χ0v) is 13.6. The molecule has 5 nitrogen and oxygen atoms in total. The zero-order valence-electron chi connectivity index (χ0n) is 12.0. The van der Waals surface area contributed by atoms with E-state index in [0.29, 0.717) is 11.1 Å². The van der Waals surface area contributed by atoms with Gasteiger partial charge in [-0.05, 0) is 20.0 Å². The number of hydrogen-bond donors (Lipinski definition) is 2. The van der Waals surface area contributed by atoms with Crippen LogP contribution in [0.4, 0.5) is 19.0 Å². The molecule has 2 N–H and O–H groups in total. The van der Waals surface area contributed by atoms with E-state index in [2.05, 4.69) is 20.6 Å². The number of alkyl halides is 3. The van der Waals surface area contributed by atoms with Crippen molar-refractivity contribution in [1.82, 2.24) is 15.3 Å². The number of carbonyl (C=O) groups is 1. The molecule has 0 bridgehead atoms. The summed E-state index contributed by atoms with van der Waals surface area (Å²) in [6.07, 6.45) is -2.41. The molecule has 10 heteroatoms. The lowest BCUT2D eigenvalue weighted by molar-refractivity contribution is -0.137. The predicted molar refractivity (Wildman–Crippen MR) is 81.8 cm³/mol. The number of carbonyl (C=O) groups excluding carboxylic acids is 1. The van der Waals surface area contributed by atoms with Gasteiger partial charge in [-0.3, -0.25) is 4.79 Å². The molecule has 124 valence electrons. The highest BCUT2D eigenvalue weighted by Crippen LogP contribution is 2.35. The monoisotopic (exact) mass is 364 g/mol. The van der Waals surface area contributed by atoms with E-state index in [0.717, 1.165) is 17.5 Å². The summed E-state index contributed by atoms with van der Waals surface area (Å²) in [6.45, 7) is 1.87. The van der Waals surface area contributed by atoms with Crippen molar-refractivity contribution < 1.29 is 18.0 Å². The van der Waals surface area contributed by atoms with Gasteiger partial charge in [-0.1, -0.05) is 11.6 Å². The van der Waals surface area contributed by atoms with Gasteiger partial charge in [0.15, 0.2) is 0 Å². The Balaban J connectivity index is 2.19. The van der Waals surface area contributed by atoms with Crippen LogP contribution < -0.4 is 10.6 Å². The van der Waals surface area contributed by atoms with Crippen molar-refractivity contribution in [2.45, 2.75) is 19.1 Å². The third-order valence-electron chi connectivity index (χ3n) is 2.95. The molecule has 1 atom stereocenters. The van der Waals surface area contributed by atoms with Crippen LogP contribution in [0.25, 0.3) is 0 Å². The standard InChI is InChI=1S/C13H12ClF3N4OS/c1-6(18-2)12-20-5-9(23-12)11(22)21-10-3-7(13(15,16)17)8(14)4-19-10/h3-6,18H,1-2H3,(H,19,21,22)/t6-/m0/s1. The van der Waals surface area contributed by atoms with E-state index < -0.39 is 22.7 Å². The second-order valence-electron chi connectivity index (χ2n) is 4.57. The second kappa shape index (κ2) is 6.81. The van der Waals surface area contributed by atoms with Crippen molar-refractivity contribution in [3.8, 4) is 0 Å². The molecule has 0 fully saturated rings. The number of aromatic nitrogens is 2. The number of thiazole rings is 1. The van der Waals surface area contributed by atoms with Gasteiger partial charge in [0.05, 0.1) is 22.8 Å². The Labute approximate surface area is 138 Å². The number of anilines is 1. The smallest absolute Gasteiger partial charge is 0.311 e. The predicted octanol–water partition coefficient (Wildman–Crippen LogP) is 3.74. The minimum absolute atomic E-state index is 0.0351. The Morgan fingerprint density at radius 3 is 2.65 bits per heavy atom. The number of pyridine rings is 1. The van der Waals surface area contributed by atoms with Crippen molar-refractivity contribution >= 4 is 34.7 Å². The Hall–Kier alpha value is -1.71. The molecule has 23 heavy (non-hydrogen) atoms. The average Bonchev–Trinajstić information content (AvgIpc) is 2.97. The second-order valence-corrected chi connectivity index (χ2v) is 6.04. The van der Waals surface area contributed by atoms with Crippen molar-refractivity contribution in [3.05, 3.63) is 38.9 Å². The Bertz CT molecular complexity index is 719. The summed E-state index contributed by atoms with van der Waals surface area (Å²) in [5.41, 5.74) is -1.06. The molecule has 0 saturated carbocycles. The molecule has 1 amide bonds. The van der Waals surface area contributed by atoms with Gasteiger partial charge < -0.3 is 10.6 Å². The number of nitrogens with zero attached hydrogens (tertiary/aromatic N) is 2. The van der Waals surface area contributed by atoms with E-state index in [1.807, 2.05) is 6.92 Å². The molecule has 0 aliphatic carbocycles. The third kappa shape index (κ3) is 4.18. The maximum atomic E-state index is 12.8. The van der Waals surface area contributed by atoms with Crippen LogP contribution in [-0.2, 0) is 6.18 Å². The largest absolute Gasteiger partial charge is 0.418 e. The SMILES string of the molecule is CN[C@@H](C)c1ncc(C(=O)Nc2cc(C(F)(F)F)c(Cl)cn2)s1. The van der Waals surface area contributed by atoms with Crippen molar-refractivity contribution in [2.75, 3.05) is 12.4 Å². The van der Waals surface area contributed by atoms with Crippen LogP contribution in [-0.4, -0.2) is 22.9 Å². The number of amides is 1. The van der Waals surface area contributed by atoms with Gasteiger partial charge in [0.1, 0.15) is 15.7 Å². The Morgan fingerprint density at radius 1 is 1.35 bits per heavy atom. The summed E-state index contributed by atoms with van der Waals surface area (Å²) in [5, 5.41) is 5.45. The molecule has 0 spiro atoms. The van der Waals surface area contributed by atoms with E-state index in [1.165, 1.54) is 6.20 Å². The fourth-order valence-electron chi connectivity index (χ4n) is 1.62. The number of halogens is 4. The third-order valence-corrected chi connectivity index (χ3v) is 4.43. The van der Waals surface area contributed by atoms with Gasteiger partial charge in [0, 0.05) is 6.20 Å². The highest BCUT2D eigenvalue weighted by Gasteiger charge is 2.34. The molecule has 0 aliphatic rings. The molecule has 2 rings (SSSR count). The zero-order chi connectivity index (χ0) is 17.2. The summed E-state index contributed by atoms with van der Waals surface area (Å²) in [7, 11) is 1.75. The molecular formula is C13H12ClF3N4OS. The van der Waals surface area contributed by atoms with Gasteiger partial charge in [0.25, 0.3) is 5.91 Å². The van der Waals surface area contributed by atoms with Crippen LogP contribution in [0.15, 0.2) is 18.5 Å². The van der Waals surface area contributed by atoms with Gasteiger partial charge in [-0.2, -0.15) is 13.2 Å². The lowest BCUT2D eigenvalue weighted by Crippen LogP contribution is -2.14. The fourth-order valence-corrected chi connectivity index (χ4v) is 2.70. The molecule has 0 aliphatic heterocycles. The molecule has 0 unspecified atom stereocenters. The highest BCUT2D eigenvalue weighted by atomic mass is 35.5. The highest BCUT2D eigenvalue weighted by molar-refractivity contribution is 7.13. The molecule has 0 radical (unpaired) electrons. The Kier molecular flexibility index (Phi) is 5.23. The van der Waals surface area contributed by atoms with E-state index in [4.69, 9.17) is 11.6 Å². The first kappa shape index (κ1) is 17.6. The molecular weight excluding hydrogens is 353 g/mol. The van der Waals surface area contributed by atoms with Crippen molar-refractivity contribution in [3.63, 3.8) is 0 Å². The number of nitrogens with one attached hydrogen (secondary N) is 2. The summed E-state index contributed by atoms with van der Waals surface area (Å²) in [5.74, 6) is -0.816. The minimum Gasteiger partial charge on any atom is -0.311 e. The maximum Gasteiger partial charge on any atom is 0.418 e. The summed E-state index contributed by atoms with van der Waals surface area (Å²) in [4.78, 5) is 20.1. The lowest BCUT2D eigenvalue weighted by Gasteiger charge is -2.10. The van der Waals surface area contributed by atoms with Gasteiger partial charge in [-0.15, -0.1) is 11.3 Å². The van der Waals surface area contributed by atoms with E-state index in [1.54, 1.807) is 7.05 Å². The van der Waals surface area contributed by atoms with Gasteiger partial charge in [0.2, 0.25) is 0 Å². The summed E-state index contributed by atoms with van der Waals surface area (Å²) < 4.78 is 38.3. The van der Waals surface area contributed by atoms with Crippen LogP contribution in [0.1, 0.15) is 33.2 Å². The molecule has 2 heterocycles. The fraction of sp³-hybridized carbons (Fsp3) is 0.308. The first-order valence-electron chi connectivity index (χ1n) is 6.39. The topological polar surface area (TPSA) is 66.9 Å². The lowest BCUT2D eigenvalue weighted by atomic mass is 10.2. The Morgan fingerprint density at radius 2 is 2.04 bits per heavy atom. The first-order valence-corrected chi connectivity index (χ1v) is 7.59. The van der Waals surface area contributed by atoms with Crippen LogP contribution in [0.5, 0.6) is 0 Å². The van der Waals surface area contributed by atoms with Crippen LogP contribution in [0.3, 0.4) is 0 Å². The van der Waals surface area contributed by atoms with Crippen molar-refractivity contribution in [1.29, 1.82) is 0 Å². The van der Waals surface area contributed by atoms with Gasteiger partial charge >= 0.3 is 6.18 Å². The molecule has 2 aromatic rings. The van der Waals surface area contributed by atoms with E-state index in [9.17, 15) is 18.0 Å². The normalized spacial score (nSPS) is 13.0. The number of hydrogen-bond acceptors (Lipinski definition) is 5. The summed E-state index contributed by atoms with van der Waals surface area (Å²) in [6, 6.07) is 0.658. The average molecular weight is 365 g/mol. The van der Waals surface area contributed by atoms with Crippen LogP contribution in [0, 0.1) is 0 Å². The molecule has 0 aromatic carbocycles. The first-order chi connectivity index (χ1) is 10.7. The maximum absolute atomic E-state index is 12.8.